The number of carbonyl (C=O) groups excluding carboxylic acids is 3. The number of ketones is 1. The van der Waals surface area contributed by atoms with Crippen molar-refractivity contribution in [1.29, 1.82) is 0 Å². The third kappa shape index (κ3) is 3.99. The number of hydrogen-bond donors (Lipinski definition) is 2. The van der Waals surface area contributed by atoms with E-state index in [1.54, 1.807) is 24.3 Å². The van der Waals surface area contributed by atoms with Crippen LogP contribution >= 0.6 is 23.5 Å². The minimum Gasteiger partial charge on any atom is -0.303 e. The van der Waals surface area contributed by atoms with Crippen LogP contribution in [-0.2, 0) is 4.79 Å². The first-order valence-corrected chi connectivity index (χ1v) is 8.62. The van der Waals surface area contributed by atoms with Crippen molar-refractivity contribution in [2.75, 3.05) is 5.75 Å². The van der Waals surface area contributed by atoms with Gasteiger partial charge in [-0.2, -0.15) is 0 Å². The predicted octanol–water partition coefficient (Wildman–Crippen LogP) is 1.62. The highest BCUT2D eigenvalue weighted by Gasteiger charge is 2.32. The zero-order valence-electron chi connectivity index (χ0n) is 11.8. The van der Waals surface area contributed by atoms with Crippen molar-refractivity contribution in [2.24, 2.45) is 10.2 Å². The molecule has 1 aromatic rings. The van der Waals surface area contributed by atoms with Crippen molar-refractivity contribution in [2.45, 2.75) is 11.7 Å². The minimum absolute atomic E-state index is 0.0923. The lowest BCUT2D eigenvalue weighted by Gasteiger charge is -2.04. The maximum atomic E-state index is 12.1. The first-order valence-electron chi connectivity index (χ1n) is 6.76. The molecule has 0 saturated carbocycles. The second kappa shape index (κ2) is 6.97. The highest BCUT2D eigenvalue weighted by atomic mass is 32.2. The molecule has 0 radical (unpaired) electrons. The Labute approximate surface area is 140 Å². The number of Topliss-reactive ketones (excluding diaryl/α,β-unsaturated/α-hetero) is 1. The number of nitrogens with one attached hydrogen (secondary N) is 2. The van der Waals surface area contributed by atoms with Crippen LogP contribution in [0, 0.1) is 0 Å². The standard InChI is InChI=1S/C14H12N4O3S2/c19-9(8-4-2-1-3-5-8)6-10-12(20)16-13(23-10)18-17-11-7-22-14(21)15-11/h1-5,10H,6-7H2,(H,15,17,21)(H,16,18,20)/t10-/m0/s1. The molecule has 1 aromatic carbocycles. The van der Waals surface area contributed by atoms with Gasteiger partial charge in [0, 0.05) is 12.0 Å². The molecular weight excluding hydrogens is 336 g/mol. The monoisotopic (exact) mass is 348 g/mol. The first kappa shape index (κ1) is 15.8. The van der Waals surface area contributed by atoms with Crippen LogP contribution in [-0.4, -0.2) is 38.9 Å². The number of benzene rings is 1. The fraction of sp³-hybridized carbons (Fsp3) is 0.214. The molecule has 1 atom stereocenters. The molecule has 0 unspecified atom stereocenters. The molecule has 3 rings (SSSR count). The largest absolute Gasteiger partial charge is 0.303 e. The molecule has 0 spiro atoms. The lowest BCUT2D eigenvalue weighted by Crippen LogP contribution is -2.26. The van der Waals surface area contributed by atoms with Crippen LogP contribution in [0.5, 0.6) is 0 Å². The van der Waals surface area contributed by atoms with Crippen LogP contribution < -0.4 is 10.6 Å². The summed E-state index contributed by atoms with van der Waals surface area (Å²) in [5.74, 6) is 0.531. The van der Waals surface area contributed by atoms with Gasteiger partial charge in [-0.1, -0.05) is 53.9 Å². The summed E-state index contributed by atoms with van der Waals surface area (Å²) in [6, 6.07) is 8.85. The molecule has 2 heterocycles. The summed E-state index contributed by atoms with van der Waals surface area (Å²) in [6.07, 6.45) is 0.0999. The molecular formula is C14H12N4O3S2. The van der Waals surface area contributed by atoms with E-state index in [0.717, 1.165) is 11.8 Å². The third-order valence-electron chi connectivity index (χ3n) is 3.09. The first-order chi connectivity index (χ1) is 11.1. The van der Waals surface area contributed by atoms with Crippen LogP contribution in [0.4, 0.5) is 4.79 Å². The number of thioether (sulfide) groups is 2. The van der Waals surface area contributed by atoms with E-state index in [0.29, 0.717) is 22.3 Å². The van der Waals surface area contributed by atoms with Gasteiger partial charge in [0.2, 0.25) is 5.91 Å². The van der Waals surface area contributed by atoms with E-state index >= 15 is 0 Å². The maximum Gasteiger partial charge on any atom is 0.284 e. The van der Waals surface area contributed by atoms with Crippen molar-refractivity contribution in [3.63, 3.8) is 0 Å². The van der Waals surface area contributed by atoms with Crippen molar-refractivity contribution in [3.8, 4) is 0 Å². The smallest absolute Gasteiger partial charge is 0.284 e. The van der Waals surface area contributed by atoms with Crippen molar-refractivity contribution < 1.29 is 14.4 Å². The van der Waals surface area contributed by atoms with Gasteiger partial charge in [0.25, 0.3) is 5.24 Å². The molecule has 0 bridgehead atoms. The van der Waals surface area contributed by atoms with E-state index in [1.807, 2.05) is 6.07 Å². The molecule has 0 aromatic heterocycles. The molecule has 7 nitrogen and oxygen atoms in total. The zero-order chi connectivity index (χ0) is 16.2. The number of rotatable bonds is 4. The number of amidine groups is 2. The van der Waals surface area contributed by atoms with Gasteiger partial charge in [-0.3, -0.25) is 14.4 Å². The normalized spacial score (nSPS) is 24.1. The minimum atomic E-state index is -0.519. The summed E-state index contributed by atoms with van der Waals surface area (Å²) in [5.41, 5.74) is 0.581. The molecule has 2 fully saturated rings. The molecule has 2 amide bonds. The van der Waals surface area contributed by atoms with E-state index in [9.17, 15) is 14.4 Å². The number of nitrogens with zero attached hydrogens (tertiary/aromatic N) is 2. The molecule has 9 heteroatoms. The van der Waals surface area contributed by atoms with Crippen LogP contribution in [0.1, 0.15) is 16.8 Å². The Morgan fingerprint density at radius 3 is 2.65 bits per heavy atom. The Morgan fingerprint density at radius 1 is 1.17 bits per heavy atom. The van der Waals surface area contributed by atoms with E-state index < -0.39 is 5.25 Å². The summed E-state index contributed by atoms with van der Waals surface area (Å²) in [4.78, 5) is 35.1. The van der Waals surface area contributed by atoms with Crippen LogP contribution in [0.25, 0.3) is 0 Å². The second-order valence-corrected chi connectivity index (χ2v) is 6.88. The van der Waals surface area contributed by atoms with Gasteiger partial charge in [-0.25, -0.2) is 0 Å². The summed E-state index contributed by atoms with van der Waals surface area (Å²) >= 11 is 2.27. The van der Waals surface area contributed by atoms with E-state index in [1.165, 1.54) is 11.8 Å². The Bertz CT molecular complexity index is 718. The van der Waals surface area contributed by atoms with Crippen LogP contribution in [0.3, 0.4) is 0 Å². The highest BCUT2D eigenvalue weighted by molar-refractivity contribution is 8.15. The van der Waals surface area contributed by atoms with E-state index in [2.05, 4.69) is 20.8 Å². The van der Waals surface area contributed by atoms with E-state index in [-0.39, 0.29) is 23.4 Å². The Balaban J connectivity index is 1.61. The molecule has 2 aliphatic heterocycles. The zero-order valence-corrected chi connectivity index (χ0v) is 13.4. The number of amides is 2. The molecule has 2 N–H and O–H groups in total. The van der Waals surface area contributed by atoms with Gasteiger partial charge < -0.3 is 10.6 Å². The Hall–Kier alpha value is -2.13. The average molecular weight is 348 g/mol. The topological polar surface area (TPSA) is 100.0 Å². The molecule has 2 aliphatic rings. The van der Waals surface area contributed by atoms with Crippen molar-refractivity contribution >= 4 is 51.5 Å². The Morgan fingerprint density at radius 2 is 1.96 bits per heavy atom. The maximum absolute atomic E-state index is 12.1. The van der Waals surface area contributed by atoms with Gasteiger partial charge in [0.15, 0.2) is 11.0 Å². The summed E-state index contributed by atoms with van der Waals surface area (Å²) in [7, 11) is 0. The number of hydrogen-bond acceptors (Lipinski definition) is 7. The predicted molar refractivity (Wildman–Crippen MR) is 90.8 cm³/mol. The summed E-state index contributed by atoms with van der Waals surface area (Å²) < 4.78 is 0. The van der Waals surface area contributed by atoms with Gasteiger partial charge in [-0.15, -0.1) is 10.2 Å². The van der Waals surface area contributed by atoms with E-state index in [4.69, 9.17) is 0 Å². The molecule has 23 heavy (non-hydrogen) atoms. The molecule has 118 valence electrons. The second-order valence-electron chi connectivity index (χ2n) is 4.74. The van der Waals surface area contributed by atoms with Crippen molar-refractivity contribution in [3.05, 3.63) is 35.9 Å². The quantitative estimate of drug-likeness (QED) is 0.636. The lowest BCUT2D eigenvalue weighted by atomic mass is 10.1. The van der Waals surface area contributed by atoms with Crippen molar-refractivity contribution in [1.82, 2.24) is 10.6 Å². The van der Waals surface area contributed by atoms with Gasteiger partial charge in [0.05, 0.1) is 11.0 Å². The molecule has 2 saturated heterocycles. The lowest BCUT2D eigenvalue weighted by molar-refractivity contribution is -0.118. The highest BCUT2D eigenvalue weighted by Crippen LogP contribution is 2.24. The number of carbonyl (C=O) groups is 3. The SMILES string of the molecule is O=C1N/C(=N\N=C2\NC(=O)[C@H](CC(=O)c3ccccc3)S2)CS1. The molecule has 0 aliphatic carbocycles. The summed E-state index contributed by atoms with van der Waals surface area (Å²) in [5, 5.41) is 12.6. The van der Waals surface area contributed by atoms with Crippen LogP contribution in [0.15, 0.2) is 40.5 Å². The third-order valence-corrected chi connectivity index (χ3v) is 4.95. The fourth-order valence-corrected chi connectivity index (χ4v) is 3.49. The van der Waals surface area contributed by atoms with Crippen LogP contribution in [0.2, 0.25) is 0 Å². The fourth-order valence-electron chi connectivity index (χ4n) is 1.98. The average Bonchev–Trinajstić information content (AvgIpc) is 3.12. The van der Waals surface area contributed by atoms with Gasteiger partial charge >= 0.3 is 0 Å². The summed E-state index contributed by atoms with van der Waals surface area (Å²) in [6.45, 7) is 0. The van der Waals surface area contributed by atoms with Gasteiger partial charge in [-0.05, 0) is 0 Å². The van der Waals surface area contributed by atoms with Gasteiger partial charge in [0.1, 0.15) is 5.84 Å². The Kier molecular flexibility index (Phi) is 4.77.